The Labute approximate surface area is 182 Å². The number of aromatic nitrogens is 5. The van der Waals surface area contributed by atoms with Crippen LogP contribution in [0.4, 0.5) is 19.0 Å². The monoisotopic (exact) mass is 445 g/mol. The molecule has 4 rings (SSSR count). The van der Waals surface area contributed by atoms with E-state index >= 15 is 0 Å². The van der Waals surface area contributed by atoms with Crippen molar-refractivity contribution < 1.29 is 18.0 Å². The van der Waals surface area contributed by atoms with E-state index in [9.17, 15) is 18.0 Å². The Morgan fingerprint density at radius 1 is 1.16 bits per heavy atom. The fourth-order valence-electron chi connectivity index (χ4n) is 3.80. The number of rotatable bonds is 4. The topological polar surface area (TPSA) is 88.8 Å². The van der Waals surface area contributed by atoms with Crippen molar-refractivity contribution in [3.63, 3.8) is 0 Å². The van der Waals surface area contributed by atoms with Crippen molar-refractivity contribution in [1.82, 2.24) is 29.9 Å². The third kappa shape index (κ3) is 4.41. The Hall–Kier alpha value is -3.50. The number of carbonyl (C=O) groups is 1. The van der Waals surface area contributed by atoms with Gasteiger partial charge in [-0.3, -0.25) is 4.79 Å². The van der Waals surface area contributed by atoms with Crippen molar-refractivity contribution in [2.24, 2.45) is 0 Å². The Balaban J connectivity index is 1.54. The highest BCUT2D eigenvalue weighted by molar-refractivity contribution is 5.96. The zero-order valence-corrected chi connectivity index (χ0v) is 17.5. The Bertz CT molecular complexity index is 1080. The first kappa shape index (κ1) is 21.7. The van der Waals surface area contributed by atoms with Crippen molar-refractivity contribution >= 4 is 11.7 Å². The van der Waals surface area contributed by atoms with Crippen LogP contribution in [0.15, 0.2) is 42.9 Å². The molecule has 0 spiro atoms. The van der Waals surface area contributed by atoms with Crippen LogP contribution in [-0.2, 0) is 6.18 Å². The third-order valence-electron chi connectivity index (χ3n) is 5.52. The second kappa shape index (κ2) is 8.56. The summed E-state index contributed by atoms with van der Waals surface area (Å²) in [6.45, 7) is 4.25. The van der Waals surface area contributed by atoms with Crippen LogP contribution < -0.4 is 5.32 Å². The molecule has 3 aromatic heterocycles. The van der Waals surface area contributed by atoms with Gasteiger partial charge in [0, 0.05) is 30.5 Å². The minimum absolute atomic E-state index is 0.173. The van der Waals surface area contributed by atoms with Gasteiger partial charge < -0.3 is 10.2 Å². The summed E-state index contributed by atoms with van der Waals surface area (Å²) in [7, 11) is 0. The molecular weight excluding hydrogens is 423 g/mol. The second-order valence-electron chi connectivity index (χ2n) is 7.70. The van der Waals surface area contributed by atoms with Gasteiger partial charge in [-0.1, -0.05) is 0 Å². The maximum Gasteiger partial charge on any atom is 0.417 e. The average Bonchev–Trinajstić information content (AvgIpc) is 3.29. The summed E-state index contributed by atoms with van der Waals surface area (Å²) < 4.78 is 38.3. The van der Waals surface area contributed by atoms with E-state index in [4.69, 9.17) is 0 Å². The molecular formula is C21H22F3N7O. The number of pyridine rings is 2. The van der Waals surface area contributed by atoms with Crippen LogP contribution in [0, 0.1) is 6.92 Å². The molecule has 168 valence electrons. The first-order valence-corrected chi connectivity index (χ1v) is 10.2. The molecule has 0 aliphatic carbocycles. The largest absolute Gasteiger partial charge is 0.417 e. The lowest BCUT2D eigenvalue weighted by Gasteiger charge is -2.40. The second-order valence-corrected chi connectivity index (χ2v) is 7.70. The van der Waals surface area contributed by atoms with E-state index in [1.165, 1.54) is 23.3 Å². The van der Waals surface area contributed by atoms with Gasteiger partial charge in [0.25, 0.3) is 5.91 Å². The van der Waals surface area contributed by atoms with Gasteiger partial charge >= 0.3 is 6.18 Å². The number of hydrogen-bond acceptors (Lipinski definition) is 6. The Morgan fingerprint density at radius 3 is 2.56 bits per heavy atom. The van der Waals surface area contributed by atoms with Crippen LogP contribution in [0.1, 0.15) is 41.5 Å². The summed E-state index contributed by atoms with van der Waals surface area (Å²) in [5.74, 6) is 0.0830. The zero-order valence-electron chi connectivity index (χ0n) is 17.5. The van der Waals surface area contributed by atoms with E-state index in [0.717, 1.165) is 25.1 Å². The maximum absolute atomic E-state index is 13.5. The molecule has 1 fully saturated rings. The number of amides is 1. The number of alkyl halides is 3. The van der Waals surface area contributed by atoms with Crippen LogP contribution in [0.2, 0.25) is 0 Å². The van der Waals surface area contributed by atoms with Crippen LogP contribution in [0.5, 0.6) is 0 Å². The van der Waals surface area contributed by atoms with E-state index in [1.54, 1.807) is 24.0 Å². The number of aryl methyl sites for hydroxylation is 1. The van der Waals surface area contributed by atoms with Crippen LogP contribution >= 0.6 is 0 Å². The van der Waals surface area contributed by atoms with Crippen molar-refractivity contribution in [3.05, 3.63) is 59.8 Å². The van der Waals surface area contributed by atoms with Crippen molar-refractivity contribution in [2.75, 3.05) is 11.9 Å². The molecule has 2 atom stereocenters. The summed E-state index contributed by atoms with van der Waals surface area (Å²) in [6.07, 6.45) is 0.898. The molecule has 2 unspecified atom stereocenters. The first-order chi connectivity index (χ1) is 15.2. The summed E-state index contributed by atoms with van der Waals surface area (Å²) in [5, 5.41) is 11.4. The predicted octanol–water partition coefficient (Wildman–Crippen LogP) is 3.49. The molecule has 0 bridgehead atoms. The molecule has 1 saturated heterocycles. The Morgan fingerprint density at radius 2 is 1.91 bits per heavy atom. The van der Waals surface area contributed by atoms with Gasteiger partial charge in [0.05, 0.1) is 18.0 Å². The molecule has 3 aromatic rings. The van der Waals surface area contributed by atoms with E-state index in [2.05, 4.69) is 25.5 Å². The number of likely N-dealkylation sites (tertiary alicyclic amines) is 1. The van der Waals surface area contributed by atoms with Gasteiger partial charge in [0.1, 0.15) is 11.5 Å². The Kier molecular flexibility index (Phi) is 5.81. The van der Waals surface area contributed by atoms with Crippen molar-refractivity contribution in [1.29, 1.82) is 0 Å². The van der Waals surface area contributed by atoms with E-state index in [-0.39, 0.29) is 23.7 Å². The summed E-state index contributed by atoms with van der Waals surface area (Å²) in [5.41, 5.74) is 0.623. The number of nitrogens with one attached hydrogen (secondary N) is 1. The summed E-state index contributed by atoms with van der Waals surface area (Å²) >= 11 is 0. The van der Waals surface area contributed by atoms with Gasteiger partial charge in [-0.15, -0.1) is 4.80 Å². The lowest BCUT2D eigenvalue weighted by Crippen LogP contribution is -2.52. The van der Waals surface area contributed by atoms with Crippen LogP contribution in [0.25, 0.3) is 5.69 Å². The van der Waals surface area contributed by atoms with Crippen LogP contribution in [0.3, 0.4) is 0 Å². The standard InChI is InChI=1S/C21H22F3N7O/c1-13-5-7-17(31-26-9-10-27-31)19(28-13)20(32)30-11-3-4-16(14(30)2)29-18-8-6-15(12-25-18)21(22,23)24/h5-10,12,14,16H,3-4,11H2,1-2H3,(H,25,29). The van der Waals surface area contributed by atoms with Gasteiger partial charge in [-0.05, 0) is 51.0 Å². The minimum Gasteiger partial charge on any atom is -0.365 e. The van der Waals surface area contributed by atoms with Crippen molar-refractivity contribution in [2.45, 2.75) is 44.9 Å². The molecule has 4 heterocycles. The zero-order chi connectivity index (χ0) is 22.9. The minimum atomic E-state index is -4.44. The van der Waals surface area contributed by atoms with Gasteiger partial charge in [0.15, 0.2) is 5.69 Å². The lowest BCUT2D eigenvalue weighted by molar-refractivity contribution is -0.137. The molecule has 1 amide bonds. The molecule has 11 heteroatoms. The molecule has 1 aliphatic rings. The number of piperidine rings is 1. The number of hydrogen-bond donors (Lipinski definition) is 1. The van der Waals surface area contributed by atoms with Gasteiger partial charge in [-0.2, -0.15) is 23.4 Å². The predicted molar refractivity (Wildman–Crippen MR) is 110 cm³/mol. The van der Waals surface area contributed by atoms with E-state index < -0.39 is 11.7 Å². The summed E-state index contributed by atoms with van der Waals surface area (Å²) in [6, 6.07) is 5.43. The highest BCUT2D eigenvalue weighted by Gasteiger charge is 2.34. The van der Waals surface area contributed by atoms with Crippen LogP contribution in [-0.4, -0.2) is 54.4 Å². The van der Waals surface area contributed by atoms with Gasteiger partial charge in [-0.25, -0.2) is 9.97 Å². The fraction of sp³-hybridized carbons (Fsp3) is 0.381. The molecule has 0 saturated carbocycles. The first-order valence-electron chi connectivity index (χ1n) is 10.2. The third-order valence-corrected chi connectivity index (χ3v) is 5.52. The normalized spacial score (nSPS) is 19.1. The maximum atomic E-state index is 13.5. The number of anilines is 1. The molecule has 32 heavy (non-hydrogen) atoms. The van der Waals surface area contributed by atoms with Gasteiger partial charge in [0.2, 0.25) is 0 Å². The molecule has 8 nitrogen and oxygen atoms in total. The number of carbonyl (C=O) groups excluding carboxylic acids is 1. The quantitative estimate of drug-likeness (QED) is 0.662. The lowest BCUT2D eigenvalue weighted by atomic mass is 9.96. The molecule has 1 aliphatic heterocycles. The highest BCUT2D eigenvalue weighted by atomic mass is 19.4. The fourth-order valence-corrected chi connectivity index (χ4v) is 3.80. The molecule has 0 radical (unpaired) electrons. The number of halogens is 3. The smallest absolute Gasteiger partial charge is 0.365 e. The molecule has 1 N–H and O–H groups in total. The SMILES string of the molecule is Cc1ccc(-n2nccn2)c(C(=O)N2CCCC(Nc3ccc(C(F)(F)F)cn3)C2C)n1. The highest BCUT2D eigenvalue weighted by Crippen LogP contribution is 2.29. The van der Waals surface area contributed by atoms with Crippen molar-refractivity contribution in [3.8, 4) is 5.69 Å². The molecule has 0 aromatic carbocycles. The average molecular weight is 445 g/mol. The van der Waals surface area contributed by atoms with E-state index in [0.29, 0.717) is 23.7 Å². The number of nitrogens with zero attached hydrogens (tertiary/aromatic N) is 6. The summed E-state index contributed by atoms with van der Waals surface area (Å²) in [4.78, 5) is 24.9. The van der Waals surface area contributed by atoms with E-state index in [1.807, 2.05) is 6.92 Å².